The lowest BCUT2D eigenvalue weighted by Crippen LogP contribution is -2.23. The highest BCUT2D eigenvalue weighted by atomic mass is 79.9. The smallest absolute Gasteiger partial charge is 0.159 e. The maximum absolute atomic E-state index is 5.40. The number of halogens is 1. The van der Waals surface area contributed by atoms with Gasteiger partial charge in [-0.05, 0) is 34.2 Å². The van der Waals surface area contributed by atoms with Gasteiger partial charge in [-0.15, -0.1) is 0 Å². The van der Waals surface area contributed by atoms with E-state index < -0.39 is 0 Å². The predicted molar refractivity (Wildman–Crippen MR) is 72.7 cm³/mol. The molecule has 1 aromatic rings. The first-order valence-electron chi connectivity index (χ1n) is 5.85. The van der Waals surface area contributed by atoms with E-state index >= 15 is 0 Å². The van der Waals surface area contributed by atoms with Gasteiger partial charge in [-0.3, -0.25) is 0 Å². The molecule has 0 radical (unpaired) electrons. The van der Waals surface area contributed by atoms with E-state index in [1.165, 1.54) is 12.7 Å². The van der Waals surface area contributed by atoms with Gasteiger partial charge in [0, 0.05) is 13.1 Å². The lowest BCUT2D eigenvalue weighted by atomic mass is 9.95. The Morgan fingerprint density at radius 2 is 2.29 bits per heavy atom. The molecule has 3 N–H and O–H groups in total. The van der Waals surface area contributed by atoms with Crippen LogP contribution < -0.4 is 16.2 Å². The molecule has 1 fully saturated rings. The number of hydrogen-bond acceptors (Lipinski definition) is 5. The first kappa shape index (κ1) is 12.6. The Labute approximate surface area is 110 Å². The van der Waals surface area contributed by atoms with Crippen LogP contribution in [0.25, 0.3) is 0 Å². The molecular formula is C11H18BrN5. The molecular weight excluding hydrogens is 282 g/mol. The van der Waals surface area contributed by atoms with E-state index in [1.807, 2.05) is 0 Å². The lowest BCUT2D eigenvalue weighted by Gasteiger charge is -2.20. The van der Waals surface area contributed by atoms with Crippen LogP contribution in [0.2, 0.25) is 0 Å². The van der Waals surface area contributed by atoms with Crippen LogP contribution in [0.4, 0.5) is 11.6 Å². The van der Waals surface area contributed by atoms with E-state index in [9.17, 15) is 0 Å². The van der Waals surface area contributed by atoms with E-state index in [2.05, 4.69) is 50.1 Å². The van der Waals surface area contributed by atoms with Crippen LogP contribution in [-0.2, 0) is 0 Å². The van der Waals surface area contributed by atoms with Crippen LogP contribution >= 0.6 is 15.9 Å². The summed E-state index contributed by atoms with van der Waals surface area (Å²) in [5.41, 5.74) is 2.57. The molecule has 6 heteroatoms. The quantitative estimate of drug-likeness (QED) is 0.660. The second kappa shape index (κ2) is 5.18. The molecule has 1 aliphatic rings. The molecule has 0 aliphatic carbocycles. The summed E-state index contributed by atoms with van der Waals surface area (Å²) in [6, 6.07) is 0. The molecule has 0 bridgehead atoms. The average molecular weight is 300 g/mol. The molecule has 5 nitrogen and oxygen atoms in total. The Morgan fingerprint density at radius 1 is 1.53 bits per heavy atom. The van der Waals surface area contributed by atoms with Gasteiger partial charge in [0.15, 0.2) is 5.82 Å². The van der Waals surface area contributed by atoms with Crippen molar-refractivity contribution in [3.05, 3.63) is 10.8 Å². The summed E-state index contributed by atoms with van der Waals surface area (Å²) in [6.45, 7) is 6.64. The highest BCUT2D eigenvalue weighted by Crippen LogP contribution is 2.33. The standard InChI is InChI=1S/C11H18BrN5/c1-7(2)8-3-4-17(5-8)11-9(12)10(16-13)14-6-15-11/h6-8H,3-5,13H2,1-2H3,(H,14,15,16). The number of hydrazine groups is 1. The number of nitrogens with two attached hydrogens (primary N) is 1. The van der Waals surface area contributed by atoms with Crippen molar-refractivity contribution in [2.45, 2.75) is 20.3 Å². The van der Waals surface area contributed by atoms with Crippen LogP contribution in [0.3, 0.4) is 0 Å². The average Bonchev–Trinajstić information content (AvgIpc) is 2.78. The maximum atomic E-state index is 5.40. The van der Waals surface area contributed by atoms with Gasteiger partial charge in [0.05, 0.1) is 0 Å². The SMILES string of the molecule is CC(C)C1CCN(c2ncnc(NN)c2Br)C1. The Kier molecular flexibility index (Phi) is 3.83. The van der Waals surface area contributed by atoms with Crippen molar-refractivity contribution in [3.63, 3.8) is 0 Å². The molecule has 0 saturated carbocycles. The van der Waals surface area contributed by atoms with Gasteiger partial charge in [-0.1, -0.05) is 13.8 Å². The van der Waals surface area contributed by atoms with Gasteiger partial charge in [-0.25, -0.2) is 15.8 Å². The van der Waals surface area contributed by atoms with Crippen LogP contribution in [0.5, 0.6) is 0 Å². The number of nitrogen functional groups attached to an aromatic ring is 1. The normalized spacial score (nSPS) is 20.1. The predicted octanol–water partition coefficient (Wildman–Crippen LogP) is 2.01. The third kappa shape index (κ3) is 2.52. The molecule has 0 spiro atoms. The van der Waals surface area contributed by atoms with E-state index in [1.54, 1.807) is 0 Å². The third-order valence-corrected chi connectivity index (χ3v) is 4.11. The zero-order valence-corrected chi connectivity index (χ0v) is 11.7. The Bertz CT molecular complexity index is 395. The molecule has 0 aromatic carbocycles. The number of nitrogens with zero attached hydrogens (tertiary/aromatic N) is 3. The van der Waals surface area contributed by atoms with E-state index in [4.69, 9.17) is 5.84 Å². The van der Waals surface area contributed by atoms with Crippen molar-refractivity contribution < 1.29 is 0 Å². The van der Waals surface area contributed by atoms with E-state index in [-0.39, 0.29) is 0 Å². The summed E-state index contributed by atoms with van der Waals surface area (Å²) in [5, 5.41) is 0. The number of hydrogen-bond donors (Lipinski definition) is 2. The molecule has 1 unspecified atom stereocenters. The summed E-state index contributed by atoms with van der Waals surface area (Å²) in [7, 11) is 0. The van der Waals surface area contributed by atoms with E-state index in [0.29, 0.717) is 11.7 Å². The Hall–Kier alpha value is -0.880. The first-order chi connectivity index (χ1) is 8.13. The maximum Gasteiger partial charge on any atom is 0.159 e. The second-order valence-corrected chi connectivity index (χ2v) is 5.54. The second-order valence-electron chi connectivity index (χ2n) is 4.74. The first-order valence-corrected chi connectivity index (χ1v) is 6.64. The van der Waals surface area contributed by atoms with Crippen molar-refractivity contribution in [3.8, 4) is 0 Å². The monoisotopic (exact) mass is 299 g/mol. The van der Waals surface area contributed by atoms with Gasteiger partial charge in [0.2, 0.25) is 0 Å². The molecule has 94 valence electrons. The number of aromatic nitrogens is 2. The number of anilines is 2. The highest BCUT2D eigenvalue weighted by molar-refractivity contribution is 9.10. The zero-order valence-electron chi connectivity index (χ0n) is 10.2. The zero-order chi connectivity index (χ0) is 12.4. The molecule has 17 heavy (non-hydrogen) atoms. The fraction of sp³-hybridized carbons (Fsp3) is 0.636. The van der Waals surface area contributed by atoms with Gasteiger partial charge in [0.25, 0.3) is 0 Å². The number of rotatable bonds is 3. The van der Waals surface area contributed by atoms with Crippen molar-refractivity contribution >= 4 is 27.6 Å². The molecule has 2 rings (SSSR count). The van der Waals surface area contributed by atoms with Crippen LogP contribution in [-0.4, -0.2) is 23.1 Å². The molecule has 0 amide bonds. The fourth-order valence-electron chi connectivity index (χ4n) is 2.21. The fourth-order valence-corrected chi connectivity index (χ4v) is 2.78. The molecule has 1 atom stereocenters. The largest absolute Gasteiger partial charge is 0.355 e. The topological polar surface area (TPSA) is 67.1 Å². The van der Waals surface area contributed by atoms with Crippen LogP contribution in [0.1, 0.15) is 20.3 Å². The molecule has 2 heterocycles. The molecule has 1 aliphatic heterocycles. The summed E-state index contributed by atoms with van der Waals surface area (Å²) in [4.78, 5) is 10.7. The summed E-state index contributed by atoms with van der Waals surface area (Å²) in [6.07, 6.45) is 2.76. The van der Waals surface area contributed by atoms with Crippen LogP contribution in [0.15, 0.2) is 10.8 Å². The summed E-state index contributed by atoms with van der Waals surface area (Å²) >= 11 is 3.50. The minimum absolute atomic E-state index is 0.628. The van der Waals surface area contributed by atoms with Crippen molar-refractivity contribution in [1.29, 1.82) is 0 Å². The Balaban J connectivity index is 2.19. The molecule has 1 aromatic heterocycles. The van der Waals surface area contributed by atoms with Gasteiger partial charge >= 0.3 is 0 Å². The lowest BCUT2D eigenvalue weighted by molar-refractivity contribution is 0.422. The minimum atomic E-state index is 0.628. The van der Waals surface area contributed by atoms with Crippen molar-refractivity contribution in [2.24, 2.45) is 17.7 Å². The van der Waals surface area contributed by atoms with Crippen molar-refractivity contribution in [1.82, 2.24) is 9.97 Å². The highest BCUT2D eigenvalue weighted by Gasteiger charge is 2.27. The Morgan fingerprint density at radius 3 is 2.88 bits per heavy atom. The van der Waals surface area contributed by atoms with Gasteiger partial charge in [-0.2, -0.15) is 0 Å². The van der Waals surface area contributed by atoms with Gasteiger partial charge < -0.3 is 10.3 Å². The van der Waals surface area contributed by atoms with Gasteiger partial charge in [0.1, 0.15) is 16.6 Å². The summed E-state index contributed by atoms with van der Waals surface area (Å²) < 4.78 is 0.840. The summed E-state index contributed by atoms with van der Waals surface area (Å²) in [5.74, 6) is 8.42. The van der Waals surface area contributed by atoms with Crippen molar-refractivity contribution in [2.75, 3.05) is 23.4 Å². The number of nitrogens with one attached hydrogen (secondary N) is 1. The third-order valence-electron chi connectivity index (χ3n) is 3.37. The molecule has 1 saturated heterocycles. The van der Waals surface area contributed by atoms with Crippen LogP contribution in [0, 0.1) is 11.8 Å². The minimum Gasteiger partial charge on any atom is -0.355 e. The van der Waals surface area contributed by atoms with E-state index in [0.717, 1.165) is 29.3 Å².